The standard InChI is InChI=1S/C14H22O4/c1-11-7-5-3-4-6-8-13(18-12(2)15)9-10-14(16)17-11/h9-11,13H,3-8H2,1-2H3/b10-9+/t11-,13+/m1/s1. The molecule has 18 heavy (non-hydrogen) atoms. The van der Waals surface area contributed by atoms with Crippen molar-refractivity contribution in [1.82, 2.24) is 0 Å². The van der Waals surface area contributed by atoms with Crippen molar-refractivity contribution in [2.75, 3.05) is 0 Å². The van der Waals surface area contributed by atoms with Crippen molar-refractivity contribution in [2.45, 2.75) is 64.6 Å². The van der Waals surface area contributed by atoms with E-state index >= 15 is 0 Å². The highest BCUT2D eigenvalue weighted by Crippen LogP contribution is 2.14. The van der Waals surface area contributed by atoms with Gasteiger partial charge in [0.1, 0.15) is 6.10 Å². The smallest absolute Gasteiger partial charge is 0.330 e. The second kappa shape index (κ2) is 7.90. The lowest BCUT2D eigenvalue weighted by Gasteiger charge is -2.15. The van der Waals surface area contributed by atoms with Gasteiger partial charge in [-0.3, -0.25) is 4.79 Å². The summed E-state index contributed by atoms with van der Waals surface area (Å²) >= 11 is 0. The molecule has 1 aliphatic rings. The molecule has 0 spiro atoms. The molecule has 0 radical (unpaired) electrons. The molecule has 2 atom stereocenters. The van der Waals surface area contributed by atoms with E-state index < -0.39 is 0 Å². The second-order valence-electron chi connectivity index (χ2n) is 4.75. The summed E-state index contributed by atoms with van der Waals surface area (Å²) in [4.78, 5) is 22.4. The summed E-state index contributed by atoms with van der Waals surface area (Å²) in [6, 6.07) is 0. The van der Waals surface area contributed by atoms with E-state index in [4.69, 9.17) is 9.47 Å². The molecule has 0 aromatic carbocycles. The summed E-state index contributed by atoms with van der Waals surface area (Å²) in [6.07, 6.45) is 8.61. The normalized spacial score (nSPS) is 28.4. The van der Waals surface area contributed by atoms with Gasteiger partial charge in [-0.05, 0) is 38.7 Å². The third kappa shape index (κ3) is 6.42. The Bertz CT molecular complexity index is 309. The largest absolute Gasteiger partial charge is 0.460 e. The fraction of sp³-hybridized carbons (Fsp3) is 0.714. The Morgan fingerprint density at radius 1 is 1.28 bits per heavy atom. The molecule has 0 N–H and O–H groups in total. The van der Waals surface area contributed by atoms with Crippen molar-refractivity contribution in [2.24, 2.45) is 0 Å². The van der Waals surface area contributed by atoms with Gasteiger partial charge in [0.25, 0.3) is 0 Å². The fourth-order valence-electron chi connectivity index (χ4n) is 2.02. The maximum atomic E-state index is 11.5. The van der Waals surface area contributed by atoms with Crippen LogP contribution in [0.15, 0.2) is 12.2 Å². The minimum absolute atomic E-state index is 0.0475. The Morgan fingerprint density at radius 2 is 1.94 bits per heavy atom. The molecule has 0 aliphatic carbocycles. The van der Waals surface area contributed by atoms with Gasteiger partial charge in [0.2, 0.25) is 0 Å². The predicted molar refractivity (Wildman–Crippen MR) is 68.0 cm³/mol. The SMILES string of the molecule is CC(=O)O[C@@H]1/C=C/C(=O)O[C@H](C)CCCCCC1. The van der Waals surface area contributed by atoms with Crippen LogP contribution >= 0.6 is 0 Å². The van der Waals surface area contributed by atoms with Crippen LogP contribution in [0.2, 0.25) is 0 Å². The van der Waals surface area contributed by atoms with E-state index in [1.54, 1.807) is 6.08 Å². The first-order valence-corrected chi connectivity index (χ1v) is 6.64. The molecule has 1 rings (SSSR count). The van der Waals surface area contributed by atoms with Crippen LogP contribution in [0.1, 0.15) is 52.4 Å². The molecule has 0 bridgehead atoms. The first-order valence-electron chi connectivity index (χ1n) is 6.64. The molecule has 0 aromatic rings. The summed E-state index contributed by atoms with van der Waals surface area (Å²) < 4.78 is 10.3. The molecule has 4 nitrogen and oxygen atoms in total. The first-order chi connectivity index (χ1) is 8.58. The highest BCUT2D eigenvalue weighted by molar-refractivity contribution is 5.82. The van der Waals surface area contributed by atoms with E-state index in [0.29, 0.717) is 0 Å². The summed E-state index contributed by atoms with van der Waals surface area (Å²) in [6.45, 7) is 3.28. The van der Waals surface area contributed by atoms with Gasteiger partial charge < -0.3 is 9.47 Å². The summed E-state index contributed by atoms with van der Waals surface area (Å²) in [7, 11) is 0. The van der Waals surface area contributed by atoms with Crippen LogP contribution < -0.4 is 0 Å². The molecule has 0 unspecified atom stereocenters. The van der Waals surface area contributed by atoms with Crippen LogP contribution in [0.4, 0.5) is 0 Å². The van der Waals surface area contributed by atoms with Gasteiger partial charge in [-0.1, -0.05) is 12.8 Å². The van der Waals surface area contributed by atoms with Crippen LogP contribution in [0, 0.1) is 0 Å². The van der Waals surface area contributed by atoms with Crippen molar-refractivity contribution in [3.8, 4) is 0 Å². The third-order valence-corrected chi connectivity index (χ3v) is 2.93. The van der Waals surface area contributed by atoms with Crippen molar-refractivity contribution in [1.29, 1.82) is 0 Å². The molecule has 1 heterocycles. The highest BCUT2D eigenvalue weighted by atomic mass is 16.5. The molecule has 1 aliphatic heterocycles. The number of carbonyl (C=O) groups excluding carboxylic acids is 2. The van der Waals surface area contributed by atoms with Crippen LogP contribution in [-0.4, -0.2) is 24.1 Å². The molecule has 0 aromatic heterocycles. The Kier molecular flexibility index (Phi) is 6.47. The zero-order chi connectivity index (χ0) is 13.4. The molecule has 0 amide bonds. The number of hydrogen-bond acceptors (Lipinski definition) is 4. The van der Waals surface area contributed by atoms with Crippen LogP contribution in [0.25, 0.3) is 0 Å². The average Bonchev–Trinajstić information content (AvgIpc) is 2.28. The van der Waals surface area contributed by atoms with Gasteiger partial charge in [0, 0.05) is 13.0 Å². The minimum atomic E-state index is -0.361. The van der Waals surface area contributed by atoms with Gasteiger partial charge in [-0.25, -0.2) is 4.79 Å². The lowest BCUT2D eigenvalue weighted by molar-refractivity contribution is -0.145. The zero-order valence-electron chi connectivity index (χ0n) is 11.2. The predicted octanol–water partition coefficient (Wildman–Crippen LogP) is 2.76. The Labute approximate surface area is 108 Å². The Morgan fingerprint density at radius 3 is 2.61 bits per heavy atom. The maximum Gasteiger partial charge on any atom is 0.330 e. The molecule has 0 fully saturated rings. The van der Waals surface area contributed by atoms with Gasteiger partial charge in [0.05, 0.1) is 6.10 Å². The van der Waals surface area contributed by atoms with Crippen molar-refractivity contribution < 1.29 is 19.1 Å². The van der Waals surface area contributed by atoms with E-state index in [0.717, 1.165) is 38.5 Å². The van der Waals surface area contributed by atoms with E-state index in [1.165, 1.54) is 13.0 Å². The Hall–Kier alpha value is -1.32. The number of hydrogen-bond donors (Lipinski definition) is 0. The number of carbonyl (C=O) groups is 2. The molecule has 0 saturated carbocycles. The third-order valence-electron chi connectivity index (χ3n) is 2.93. The van der Waals surface area contributed by atoms with E-state index in [2.05, 4.69) is 0 Å². The second-order valence-corrected chi connectivity index (χ2v) is 4.75. The van der Waals surface area contributed by atoms with Crippen molar-refractivity contribution in [3.05, 3.63) is 12.2 Å². The van der Waals surface area contributed by atoms with Crippen molar-refractivity contribution >= 4 is 11.9 Å². The molecular weight excluding hydrogens is 232 g/mol. The first kappa shape index (κ1) is 14.7. The monoisotopic (exact) mass is 254 g/mol. The topological polar surface area (TPSA) is 52.6 Å². The molecule has 0 saturated heterocycles. The zero-order valence-corrected chi connectivity index (χ0v) is 11.2. The van der Waals surface area contributed by atoms with Gasteiger partial charge in [-0.2, -0.15) is 0 Å². The summed E-state index contributed by atoms with van der Waals surface area (Å²) in [5, 5.41) is 0. The summed E-state index contributed by atoms with van der Waals surface area (Å²) in [5.41, 5.74) is 0. The Balaban J connectivity index is 2.60. The van der Waals surface area contributed by atoms with Crippen LogP contribution in [0.3, 0.4) is 0 Å². The maximum absolute atomic E-state index is 11.5. The average molecular weight is 254 g/mol. The molecule has 102 valence electrons. The summed E-state index contributed by atoms with van der Waals surface area (Å²) in [5.74, 6) is -0.682. The van der Waals surface area contributed by atoms with E-state index in [9.17, 15) is 9.59 Å². The number of esters is 2. The number of rotatable bonds is 1. The molecular formula is C14H22O4. The fourth-order valence-corrected chi connectivity index (χ4v) is 2.02. The van der Waals surface area contributed by atoms with Gasteiger partial charge >= 0.3 is 11.9 Å². The van der Waals surface area contributed by atoms with Gasteiger partial charge in [-0.15, -0.1) is 0 Å². The quantitative estimate of drug-likeness (QED) is 0.675. The van der Waals surface area contributed by atoms with Gasteiger partial charge in [0.15, 0.2) is 0 Å². The van der Waals surface area contributed by atoms with Crippen LogP contribution in [0.5, 0.6) is 0 Å². The lowest BCUT2D eigenvalue weighted by atomic mass is 10.1. The number of ether oxygens (including phenoxy) is 2. The highest BCUT2D eigenvalue weighted by Gasteiger charge is 2.12. The van der Waals surface area contributed by atoms with E-state index in [-0.39, 0.29) is 24.1 Å². The molecule has 4 heteroatoms. The van der Waals surface area contributed by atoms with Crippen LogP contribution in [-0.2, 0) is 19.1 Å². The lowest BCUT2D eigenvalue weighted by Crippen LogP contribution is -2.17. The number of cyclic esters (lactones) is 1. The minimum Gasteiger partial charge on any atom is -0.460 e. The van der Waals surface area contributed by atoms with Crippen molar-refractivity contribution in [3.63, 3.8) is 0 Å². The van der Waals surface area contributed by atoms with E-state index in [1.807, 2.05) is 6.92 Å².